The number of amides is 1. The summed E-state index contributed by atoms with van der Waals surface area (Å²) in [4.78, 5) is 41.4. The number of fused-ring (bicyclic) bond motifs is 1. The molecule has 52 heavy (non-hydrogen) atoms. The molecule has 5 aliphatic rings. The van der Waals surface area contributed by atoms with Crippen LogP contribution in [0.25, 0.3) is 17.2 Å². The predicted octanol–water partition coefficient (Wildman–Crippen LogP) is 7.96. The number of carboxylic acid groups (broad SMARTS) is 1. The van der Waals surface area contributed by atoms with Gasteiger partial charge in [0.05, 0.1) is 11.8 Å². The van der Waals surface area contributed by atoms with Gasteiger partial charge in [-0.2, -0.15) is 5.10 Å². The molecule has 9 rings (SSSR count). The van der Waals surface area contributed by atoms with Crippen molar-refractivity contribution >= 4 is 52.0 Å². The number of pyridine rings is 1. The van der Waals surface area contributed by atoms with Gasteiger partial charge < -0.3 is 14.7 Å². The summed E-state index contributed by atoms with van der Waals surface area (Å²) < 4.78 is 8.38. The lowest BCUT2D eigenvalue weighted by Crippen LogP contribution is -2.64. The Labute approximate surface area is 307 Å². The number of carboxylic acids is 1. The molecule has 2 N–H and O–H groups in total. The number of nitrogens with zero attached hydrogens (tertiary/aromatic N) is 6. The lowest BCUT2D eigenvalue weighted by atomic mass is 9.39. The minimum absolute atomic E-state index is 0.0152. The molecule has 4 bridgehead atoms. The van der Waals surface area contributed by atoms with Crippen LogP contribution in [0, 0.1) is 23.2 Å². The fourth-order valence-electron chi connectivity index (χ4n) is 11.2. The minimum atomic E-state index is -1.10. The molecular formula is C40H45N7O4S. The van der Waals surface area contributed by atoms with Gasteiger partial charge in [0.2, 0.25) is 0 Å². The van der Waals surface area contributed by atoms with E-state index in [0.717, 1.165) is 61.0 Å². The first-order valence-corrected chi connectivity index (χ1v) is 18.7. The number of carbonyl (C=O) groups is 2. The minimum Gasteiger partial charge on any atom is -0.476 e. The first kappa shape index (κ1) is 34.4. The summed E-state index contributed by atoms with van der Waals surface area (Å²) >= 11 is 1.23. The topological polar surface area (TPSA) is 135 Å². The summed E-state index contributed by atoms with van der Waals surface area (Å²) in [5.41, 5.74) is 5.79. The van der Waals surface area contributed by atoms with Crippen LogP contribution in [0.15, 0.2) is 48.1 Å². The molecule has 0 spiro atoms. The molecular weight excluding hydrogens is 675 g/mol. The van der Waals surface area contributed by atoms with E-state index in [1.807, 2.05) is 43.2 Å². The maximum absolute atomic E-state index is 13.5. The summed E-state index contributed by atoms with van der Waals surface area (Å²) in [6, 6.07) is 9.44. The number of thiazole rings is 1. The predicted molar refractivity (Wildman–Crippen MR) is 204 cm³/mol. The average molecular weight is 720 g/mol. The second-order valence-electron chi connectivity index (χ2n) is 16.4. The molecule has 4 fully saturated rings. The fraction of sp³-hybridized carbons (Fsp3) is 0.450. The Kier molecular flexibility index (Phi) is 8.07. The molecule has 4 aromatic rings. The Bertz CT molecular complexity index is 2110. The van der Waals surface area contributed by atoms with Crippen molar-refractivity contribution in [3.8, 4) is 11.1 Å². The highest BCUT2D eigenvalue weighted by Gasteiger charge is 2.66. The summed E-state index contributed by atoms with van der Waals surface area (Å²) in [6.07, 6.45) is 10.9. The van der Waals surface area contributed by atoms with Gasteiger partial charge in [-0.1, -0.05) is 43.9 Å². The first-order valence-electron chi connectivity index (χ1n) is 17.9. The van der Waals surface area contributed by atoms with Crippen LogP contribution in [0.1, 0.15) is 95.7 Å². The van der Waals surface area contributed by atoms with Crippen molar-refractivity contribution in [1.29, 1.82) is 0 Å². The molecule has 11 nitrogen and oxygen atoms in total. The number of carbonyl (C=O) groups excluding carboxylic acids is 1. The van der Waals surface area contributed by atoms with E-state index in [2.05, 4.69) is 47.1 Å². The van der Waals surface area contributed by atoms with Gasteiger partial charge >= 0.3 is 5.97 Å². The zero-order valence-corrected chi connectivity index (χ0v) is 31.1. The SMILES string of the molecule is C=Cc1nc(NC(=O)c2cccc3c2CN(c2ccc(-c4cnn(CC56CC7(C)CC(C)(C5)CC(OC)(C7)C6)c4C)c(C(=O)O)n2)CC3)sc1N=C. The van der Waals surface area contributed by atoms with Gasteiger partial charge in [0.1, 0.15) is 16.5 Å². The van der Waals surface area contributed by atoms with Gasteiger partial charge in [-0.3, -0.25) is 19.8 Å². The van der Waals surface area contributed by atoms with E-state index in [-0.39, 0.29) is 33.4 Å². The highest BCUT2D eigenvalue weighted by molar-refractivity contribution is 7.19. The largest absolute Gasteiger partial charge is 0.476 e. The zero-order chi connectivity index (χ0) is 36.6. The van der Waals surface area contributed by atoms with Gasteiger partial charge in [-0.15, -0.1) is 0 Å². The molecule has 3 aromatic heterocycles. The van der Waals surface area contributed by atoms with Gasteiger partial charge in [0.25, 0.3) is 5.91 Å². The van der Waals surface area contributed by atoms with Crippen molar-refractivity contribution in [2.45, 2.75) is 84.4 Å². The highest BCUT2D eigenvalue weighted by atomic mass is 32.1. The number of anilines is 2. The summed E-state index contributed by atoms with van der Waals surface area (Å²) in [7, 11) is 1.88. The van der Waals surface area contributed by atoms with Crippen LogP contribution in [0.3, 0.4) is 0 Å². The number of ether oxygens (including phenoxy) is 1. The molecule has 1 aromatic carbocycles. The third kappa shape index (κ3) is 5.76. The van der Waals surface area contributed by atoms with Crippen molar-refractivity contribution in [1.82, 2.24) is 19.7 Å². The number of benzene rings is 1. The maximum Gasteiger partial charge on any atom is 0.355 e. The monoisotopic (exact) mass is 719 g/mol. The Hall–Kier alpha value is -4.68. The second kappa shape index (κ2) is 12.2. The molecule has 2 unspecified atom stereocenters. The van der Waals surface area contributed by atoms with Gasteiger partial charge in [-0.25, -0.2) is 14.8 Å². The second-order valence-corrected chi connectivity index (χ2v) is 17.4. The number of aromatic nitrogens is 4. The van der Waals surface area contributed by atoms with Crippen LogP contribution in [-0.2, 0) is 24.2 Å². The fourth-order valence-corrected chi connectivity index (χ4v) is 12.0. The number of nitrogens with one attached hydrogen (secondary N) is 1. The molecule has 4 aliphatic carbocycles. The molecule has 1 aliphatic heterocycles. The number of hydrogen-bond donors (Lipinski definition) is 2. The molecule has 2 atom stereocenters. The van der Waals surface area contributed by atoms with E-state index in [4.69, 9.17) is 14.8 Å². The van der Waals surface area contributed by atoms with Crippen molar-refractivity contribution in [3.05, 3.63) is 76.9 Å². The third-order valence-electron chi connectivity index (χ3n) is 12.1. The van der Waals surface area contributed by atoms with Crippen molar-refractivity contribution < 1.29 is 19.4 Å². The summed E-state index contributed by atoms with van der Waals surface area (Å²) in [5, 5.41) is 19.2. The molecule has 4 saturated carbocycles. The standard InChI is InChI=1S/C40H45N7O4S/c1-7-30-34(41-5)52-36(43-30)45-33(48)27-10-8-9-25-13-14-46(16-29(25)27)31-12-11-26(32(44-31)35(49)50)28-15-42-47(24(28)2)23-39-18-37(3)17-38(4,19-39)21-40(20-37,22-39)51-6/h7-12,15H,1,5,13-14,16-23H2,2-4,6H3,(H,49,50)(H,43,45,48). The van der Waals surface area contributed by atoms with Gasteiger partial charge in [-0.05, 0) is 110 Å². The van der Waals surface area contributed by atoms with Crippen LogP contribution in [0.4, 0.5) is 16.0 Å². The van der Waals surface area contributed by atoms with E-state index in [1.54, 1.807) is 18.3 Å². The van der Waals surface area contributed by atoms with E-state index in [0.29, 0.717) is 52.3 Å². The smallest absolute Gasteiger partial charge is 0.355 e. The summed E-state index contributed by atoms with van der Waals surface area (Å²) in [5.74, 6) is -0.833. The van der Waals surface area contributed by atoms with Crippen molar-refractivity contribution in [3.63, 3.8) is 0 Å². The quantitative estimate of drug-likeness (QED) is 0.158. The number of aromatic carboxylic acids is 1. The zero-order valence-electron chi connectivity index (χ0n) is 30.3. The molecule has 0 radical (unpaired) electrons. The van der Waals surface area contributed by atoms with Crippen molar-refractivity contribution in [2.24, 2.45) is 21.2 Å². The number of rotatable bonds is 10. The molecule has 0 saturated heterocycles. The molecule has 1 amide bonds. The van der Waals surface area contributed by atoms with E-state index in [9.17, 15) is 14.7 Å². The van der Waals surface area contributed by atoms with Crippen LogP contribution < -0.4 is 10.2 Å². The van der Waals surface area contributed by atoms with Crippen molar-refractivity contribution in [2.75, 3.05) is 23.9 Å². The van der Waals surface area contributed by atoms with Gasteiger partial charge in [0.15, 0.2) is 10.8 Å². The van der Waals surface area contributed by atoms with Crippen LogP contribution >= 0.6 is 11.3 Å². The van der Waals surface area contributed by atoms with Crippen LogP contribution in [-0.4, -0.2) is 62.7 Å². The number of hydrogen-bond acceptors (Lipinski definition) is 9. The number of methoxy groups -OCH3 is 1. The molecule has 4 heterocycles. The molecule has 12 heteroatoms. The highest BCUT2D eigenvalue weighted by Crippen LogP contribution is 2.72. The Morgan fingerprint density at radius 3 is 2.52 bits per heavy atom. The Morgan fingerprint density at radius 2 is 1.85 bits per heavy atom. The van der Waals surface area contributed by atoms with E-state index in [1.165, 1.54) is 17.8 Å². The Balaban J connectivity index is 1.05. The lowest BCUT2D eigenvalue weighted by Gasteiger charge is -2.69. The van der Waals surface area contributed by atoms with Crippen LogP contribution in [0.5, 0.6) is 0 Å². The van der Waals surface area contributed by atoms with E-state index >= 15 is 0 Å². The van der Waals surface area contributed by atoms with E-state index < -0.39 is 5.97 Å². The third-order valence-corrected chi connectivity index (χ3v) is 13.0. The number of aliphatic imine (C=N–C) groups is 1. The lowest BCUT2D eigenvalue weighted by molar-refractivity contribution is -0.239. The Morgan fingerprint density at radius 1 is 1.08 bits per heavy atom. The molecule has 270 valence electrons. The summed E-state index contributed by atoms with van der Waals surface area (Å²) in [6.45, 7) is 16.1. The first-order chi connectivity index (χ1) is 24.8. The van der Waals surface area contributed by atoms with Crippen LogP contribution in [0.2, 0.25) is 0 Å². The normalized spacial score (nSPS) is 27.3. The average Bonchev–Trinajstić information content (AvgIpc) is 3.67. The van der Waals surface area contributed by atoms with Gasteiger partial charge in [0, 0.05) is 49.1 Å². The maximum atomic E-state index is 13.5.